The van der Waals surface area contributed by atoms with Gasteiger partial charge in [-0.3, -0.25) is 0 Å². The van der Waals surface area contributed by atoms with Crippen LogP contribution in [0.15, 0.2) is 0 Å². The number of aliphatic hydroxyl groups is 2. The zero-order chi connectivity index (χ0) is 10.0. The van der Waals surface area contributed by atoms with Crippen LogP contribution in [0.2, 0.25) is 0 Å². The summed E-state index contributed by atoms with van der Waals surface area (Å²) in [6.45, 7) is 0. The van der Waals surface area contributed by atoms with Crippen LogP contribution < -0.4 is 0 Å². The van der Waals surface area contributed by atoms with Crippen LogP contribution in [-0.4, -0.2) is 21.9 Å². The van der Waals surface area contributed by atoms with Gasteiger partial charge in [-0.05, 0) is 38.0 Å². The Bertz CT molecular complexity index is 185. The van der Waals surface area contributed by atoms with Crippen molar-refractivity contribution in [3.05, 3.63) is 0 Å². The Labute approximate surface area is 86.3 Å². The average Bonchev–Trinajstić information content (AvgIpc) is 2.52. The summed E-state index contributed by atoms with van der Waals surface area (Å²) >= 11 is 0. The summed E-state index contributed by atoms with van der Waals surface area (Å²) in [5.74, 6) is 0.373. The number of rotatable bonds is 2. The molecule has 0 aromatic heterocycles. The van der Waals surface area contributed by atoms with E-state index in [4.69, 9.17) is 0 Å². The molecule has 2 heteroatoms. The molecule has 0 aromatic rings. The second-order valence-electron chi connectivity index (χ2n) is 5.25. The molecular weight excluding hydrogens is 176 g/mol. The third kappa shape index (κ3) is 2.29. The monoisotopic (exact) mass is 198 g/mol. The lowest BCUT2D eigenvalue weighted by Crippen LogP contribution is -2.35. The van der Waals surface area contributed by atoms with Crippen molar-refractivity contribution in [2.24, 2.45) is 5.92 Å². The molecule has 0 aromatic carbocycles. The molecule has 2 nitrogen and oxygen atoms in total. The minimum atomic E-state index is -0.436. The van der Waals surface area contributed by atoms with E-state index in [0.29, 0.717) is 5.92 Å². The van der Waals surface area contributed by atoms with E-state index in [0.717, 1.165) is 38.5 Å². The van der Waals surface area contributed by atoms with Crippen LogP contribution in [0.5, 0.6) is 0 Å². The van der Waals surface area contributed by atoms with Crippen LogP contribution in [0.25, 0.3) is 0 Å². The molecule has 2 aliphatic carbocycles. The van der Waals surface area contributed by atoms with Crippen LogP contribution >= 0.6 is 0 Å². The molecule has 2 aliphatic rings. The van der Waals surface area contributed by atoms with E-state index < -0.39 is 5.60 Å². The lowest BCUT2D eigenvalue weighted by atomic mass is 9.78. The van der Waals surface area contributed by atoms with Gasteiger partial charge in [0.25, 0.3) is 0 Å². The van der Waals surface area contributed by atoms with Crippen LogP contribution in [-0.2, 0) is 0 Å². The van der Waals surface area contributed by atoms with Crippen molar-refractivity contribution in [1.82, 2.24) is 0 Å². The summed E-state index contributed by atoms with van der Waals surface area (Å²) in [4.78, 5) is 0. The molecule has 0 radical (unpaired) electrons. The fraction of sp³-hybridized carbons (Fsp3) is 1.00. The summed E-state index contributed by atoms with van der Waals surface area (Å²) in [5.41, 5.74) is -0.436. The first-order valence-electron chi connectivity index (χ1n) is 6.10. The van der Waals surface area contributed by atoms with Gasteiger partial charge in [0.1, 0.15) is 0 Å². The normalized spacial score (nSPS) is 37.3. The molecule has 2 atom stereocenters. The van der Waals surface area contributed by atoms with E-state index >= 15 is 0 Å². The summed E-state index contributed by atoms with van der Waals surface area (Å²) in [5, 5.41) is 20.1. The zero-order valence-corrected chi connectivity index (χ0v) is 8.91. The van der Waals surface area contributed by atoms with E-state index in [-0.39, 0.29) is 6.10 Å². The highest BCUT2D eigenvalue weighted by Crippen LogP contribution is 2.38. The highest BCUT2D eigenvalue weighted by molar-refractivity contribution is 4.88. The van der Waals surface area contributed by atoms with Crippen molar-refractivity contribution in [3.8, 4) is 0 Å². The maximum absolute atomic E-state index is 10.3. The van der Waals surface area contributed by atoms with Crippen molar-refractivity contribution in [2.45, 2.75) is 69.5 Å². The van der Waals surface area contributed by atoms with Crippen LogP contribution in [0.3, 0.4) is 0 Å². The molecule has 14 heavy (non-hydrogen) atoms. The van der Waals surface area contributed by atoms with Gasteiger partial charge in [-0.1, -0.05) is 25.7 Å². The van der Waals surface area contributed by atoms with Crippen molar-refractivity contribution in [2.75, 3.05) is 0 Å². The standard InChI is InChI=1S/C12H22O2/c13-11-6-4-5-10(11)9-12(14)7-2-1-3-8-12/h10-11,13-14H,1-9H2. The van der Waals surface area contributed by atoms with E-state index in [1.165, 1.54) is 19.3 Å². The Morgan fingerprint density at radius 1 is 1.00 bits per heavy atom. The molecule has 2 rings (SSSR count). The Balaban J connectivity index is 1.88. The third-order valence-corrected chi connectivity index (χ3v) is 4.05. The van der Waals surface area contributed by atoms with Gasteiger partial charge in [-0.25, -0.2) is 0 Å². The predicted molar refractivity (Wildman–Crippen MR) is 56.0 cm³/mol. The lowest BCUT2D eigenvalue weighted by Gasteiger charge is -2.35. The van der Waals surface area contributed by atoms with Gasteiger partial charge in [0, 0.05) is 0 Å². The molecule has 0 spiro atoms. The third-order valence-electron chi connectivity index (χ3n) is 4.05. The molecule has 82 valence electrons. The molecule has 2 N–H and O–H groups in total. The molecule has 0 heterocycles. The highest BCUT2D eigenvalue weighted by atomic mass is 16.3. The maximum atomic E-state index is 10.3. The topological polar surface area (TPSA) is 40.5 Å². The summed E-state index contributed by atoms with van der Waals surface area (Å²) in [7, 11) is 0. The SMILES string of the molecule is OC1CCCC1CC1(O)CCCCC1. The van der Waals surface area contributed by atoms with Crippen molar-refractivity contribution < 1.29 is 10.2 Å². The second kappa shape index (κ2) is 4.19. The first kappa shape index (κ1) is 10.4. The maximum Gasteiger partial charge on any atom is 0.0651 e. The van der Waals surface area contributed by atoms with Crippen LogP contribution in [0.1, 0.15) is 57.8 Å². The van der Waals surface area contributed by atoms with Gasteiger partial charge >= 0.3 is 0 Å². The zero-order valence-electron chi connectivity index (χ0n) is 8.91. The minimum Gasteiger partial charge on any atom is -0.393 e. The molecular formula is C12H22O2. The molecule has 0 aliphatic heterocycles. The van der Waals surface area contributed by atoms with Gasteiger partial charge in [0.2, 0.25) is 0 Å². The Morgan fingerprint density at radius 3 is 2.29 bits per heavy atom. The van der Waals surface area contributed by atoms with Gasteiger partial charge < -0.3 is 10.2 Å². The van der Waals surface area contributed by atoms with Crippen molar-refractivity contribution in [1.29, 1.82) is 0 Å². The van der Waals surface area contributed by atoms with E-state index in [9.17, 15) is 10.2 Å². The van der Waals surface area contributed by atoms with E-state index in [2.05, 4.69) is 0 Å². The lowest BCUT2D eigenvalue weighted by molar-refractivity contribution is -0.0319. The second-order valence-corrected chi connectivity index (χ2v) is 5.25. The predicted octanol–water partition coefficient (Wildman–Crippen LogP) is 2.23. The Kier molecular flexibility index (Phi) is 3.13. The molecule has 0 saturated heterocycles. The van der Waals surface area contributed by atoms with Crippen LogP contribution in [0, 0.1) is 5.92 Å². The smallest absolute Gasteiger partial charge is 0.0651 e. The van der Waals surface area contributed by atoms with Gasteiger partial charge in [0.05, 0.1) is 11.7 Å². The number of hydrogen-bond donors (Lipinski definition) is 2. The van der Waals surface area contributed by atoms with Crippen molar-refractivity contribution in [3.63, 3.8) is 0 Å². The summed E-state index contributed by atoms with van der Waals surface area (Å²) in [6, 6.07) is 0. The molecule has 2 saturated carbocycles. The molecule has 0 bridgehead atoms. The molecule has 2 unspecified atom stereocenters. The van der Waals surface area contributed by atoms with E-state index in [1.54, 1.807) is 0 Å². The Hall–Kier alpha value is -0.0800. The Morgan fingerprint density at radius 2 is 1.71 bits per heavy atom. The quantitative estimate of drug-likeness (QED) is 0.714. The van der Waals surface area contributed by atoms with Gasteiger partial charge in [-0.2, -0.15) is 0 Å². The number of hydrogen-bond acceptors (Lipinski definition) is 2. The number of aliphatic hydroxyl groups excluding tert-OH is 1. The molecule has 2 fully saturated rings. The minimum absolute atomic E-state index is 0.138. The average molecular weight is 198 g/mol. The molecule has 0 amide bonds. The van der Waals surface area contributed by atoms with Gasteiger partial charge in [-0.15, -0.1) is 0 Å². The first-order valence-corrected chi connectivity index (χ1v) is 6.10. The largest absolute Gasteiger partial charge is 0.393 e. The summed E-state index contributed by atoms with van der Waals surface area (Å²) < 4.78 is 0. The van der Waals surface area contributed by atoms with Crippen LogP contribution in [0.4, 0.5) is 0 Å². The fourth-order valence-electron chi connectivity index (χ4n) is 3.16. The van der Waals surface area contributed by atoms with E-state index in [1.807, 2.05) is 0 Å². The highest BCUT2D eigenvalue weighted by Gasteiger charge is 2.36. The fourth-order valence-corrected chi connectivity index (χ4v) is 3.16. The van der Waals surface area contributed by atoms with Gasteiger partial charge in [0.15, 0.2) is 0 Å². The summed E-state index contributed by atoms with van der Waals surface area (Å²) in [6.07, 6.45) is 9.42. The first-order chi connectivity index (χ1) is 6.70. The van der Waals surface area contributed by atoms with Crippen molar-refractivity contribution >= 4 is 0 Å².